The van der Waals surface area contributed by atoms with Gasteiger partial charge in [0, 0.05) is 30.8 Å². The number of hydrogen-bond acceptors (Lipinski definition) is 7. The molecule has 10 nitrogen and oxygen atoms in total. The molecule has 3 N–H and O–H groups in total. The van der Waals surface area contributed by atoms with Gasteiger partial charge in [-0.25, -0.2) is 8.42 Å². The number of aliphatic hydroxyl groups is 1. The highest BCUT2D eigenvalue weighted by molar-refractivity contribution is 7.92. The summed E-state index contributed by atoms with van der Waals surface area (Å²) in [5.41, 5.74) is 2.32. The Labute approximate surface area is 271 Å². The van der Waals surface area contributed by atoms with E-state index in [4.69, 9.17) is 4.42 Å². The van der Waals surface area contributed by atoms with Crippen LogP contribution in [0.5, 0.6) is 0 Å². The Morgan fingerprint density at radius 1 is 0.848 bits per heavy atom. The second-order valence-electron chi connectivity index (χ2n) is 11.6. The Bertz CT molecular complexity index is 1700. The number of likely N-dealkylation sites (N-methyl/N-ethyl adjacent to an activating group) is 1. The molecule has 46 heavy (non-hydrogen) atoms. The third-order valence-electron chi connectivity index (χ3n) is 8.12. The van der Waals surface area contributed by atoms with E-state index in [0.29, 0.717) is 12.2 Å². The number of carbonyl (C=O) groups excluding carboxylic acids is 2. The summed E-state index contributed by atoms with van der Waals surface area (Å²) in [4.78, 5) is 29.2. The maximum atomic E-state index is 13.8. The molecule has 0 saturated carbocycles. The van der Waals surface area contributed by atoms with E-state index in [9.17, 15) is 23.1 Å². The largest absolute Gasteiger partial charge is 0.467 e. The van der Waals surface area contributed by atoms with E-state index in [2.05, 4.69) is 17.6 Å². The number of aliphatic hydroxyl groups excluding tert-OH is 1. The van der Waals surface area contributed by atoms with E-state index >= 15 is 0 Å². The number of amides is 2. The lowest BCUT2D eigenvalue weighted by Gasteiger charge is -2.31. The van der Waals surface area contributed by atoms with Gasteiger partial charge >= 0.3 is 0 Å². The van der Waals surface area contributed by atoms with Crippen LogP contribution in [0, 0.1) is 0 Å². The fourth-order valence-corrected chi connectivity index (χ4v) is 5.59. The molecule has 0 saturated heterocycles. The van der Waals surface area contributed by atoms with Gasteiger partial charge in [0.2, 0.25) is 10.0 Å². The van der Waals surface area contributed by atoms with Gasteiger partial charge in [-0.2, -0.15) is 0 Å². The highest BCUT2D eigenvalue weighted by atomic mass is 32.2. The van der Waals surface area contributed by atoms with Crippen LogP contribution in [0.25, 0.3) is 0 Å². The van der Waals surface area contributed by atoms with E-state index < -0.39 is 40.0 Å². The Morgan fingerprint density at radius 3 is 2.00 bits per heavy atom. The first-order valence-electron chi connectivity index (χ1n) is 15.0. The molecule has 1 aromatic heterocycles. The van der Waals surface area contributed by atoms with Gasteiger partial charge in [-0.1, -0.05) is 60.7 Å². The second-order valence-corrected chi connectivity index (χ2v) is 13.6. The summed E-state index contributed by atoms with van der Waals surface area (Å²) in [7, 11) is -0.441. The maximum Gasteiger partial charge on any atom is 0.251 e. The number of carbonyl (C=O) groups is 2. The monoisotopic (exact) mass is 646 g/mol. The van der Waals surface area contributed by atoms with Crippen LogP contribution in [0.4, 0.5) is 5.69 Å². The molecule has 1 unspecified atom stereocenters. The van der Waals surface area contributed by atoms with E-state index in [1.165, 1.54) is 31.5 Å². The summed E-state index contributed by atoms with van der Waals surface area (Å²) in [5, 5.41) is 17.3. The van der Waals surface area contributed by atoms with Crippen LogP contribution in [0.3, 0.4) is 0 Å². The molecule has 0 aliphatic rings. The Balaban J connectivity index is 1.62. The molecule has 1 heterocycles. The molecule has 244 valence electrons. The van der Waals surface area contributed by atoms with Crippen LogP contribution in [0.15, 0.2) is 102 Å². The molecule has 0 fully saturated rings. The van der Waals surface area contributed by atoms with Crippen molar-refractivity contribution in [3.05, 3.63) is 125 Å². The molecule has 0 radical (unpaired) electrons. The zero-order chi connectivity index (χ0) is 33.4. The predicted molar refractivity (Wildman–Crippen MR) is 179 cm³/mol. The Morgan fingerprint density at radius 2 is 1.43 bits per heavy atom. The molecule has 2 amide bonds. The minimum Gasteiger partial charge on any atom is -0.467 e. The van der Waals surface area contributed by atoms with Crippen LogP contribution >= 0.6 is 0 Å². The van der Waals surface area contributed by atoms with E-state index in [-0.39, 0.29) is 29.4 Å². The van der Waals surface area contributed by atoms with Crippen molar-refractivity contribution in [1.82, 2.24) is 15.5 Å². The molecule has 0 spiro atoms. The van der Waals surface area contributed by atoms with E-state index in [1.54, 1.807) is 19.1 Å². The second kappa shape index (κ2) is 15.2. The number of sulfonamides is 1. The Kier molecular flexibility index (Phi) is 11.4. The average Bonchev–Trinajstić information content (AvgIpc) is 3.59. The molecular formula is C35H42N4O6S. The minimum absolute atomic E-state index is 0.0109. The molecule has 4 atom stereocenters. The summed E-state index contributed by atoms with van der Waals surface area (Å²) in [6.07, 6.45) is 1.93. The smallest absolute Gasteiger partial charge is 0.251 e. The first-order valence-corrected chi connectivity index (χ1v) is 16.9. The minimum atomic E-state index is -3.71. The number of nitrogens with zero attached hydrogens (tertiary/aromatic N) is 2. The normalized spacial score (nSPS) is 14.2. The summed E-state index contributed by atoms with van der Waals surface area (Å²) >= 11 is 0. The zero-order valence-electron chi connectivity index (χ0n) is 26.8. The molecular weight excluding hydrogens is 604 g/mol. The van der Waals surface area contributed by atoms with Crippen molar-refractivity contribution in [2.75, 3.05) is 31.2 Å². The van der Waals surface area contributed by atoms with Crippen LogP contribution < -0.4 is 14.9 Å². The van der Waals surface area contributed by atoms with Gasteiger partial charge in [0.25, 0.3) is 11.8 Å². The van der Waals surface area contributed by atoms with Crippen molar-refractivity contribution < 1.29 is 27.5 Å². The summed E-state index contributed by atoms with van der Waals surface area (Å²) in [5.74, 6) is -0.533. The third kappa shape index (κ3) is 9.06. The standard InChI is InChI=1S/C35H42N4O6S/c1-24(33-17-12-18-45-33)36-34(41)28-20-29(22-30(21-28)39(4)46(5,43)44)35(42)37-31(19-26-13-8-6-9-14-26)32(40)23-38(3)25(2)27-15-10-7-11-16-27/h6-18,20-22,24-25,31-32,40H,19,23H2,1-5H3,(H,36,41)(H,37,42)/t24?,25-,31-,32+/m0/s1. The molecule has 0 aliphatic heterocycles. The van der Waals surface area contributed by atoms with Crippen molar-refractivity contribution in [2.45, 2.75) is 44.5 Å². The summed E-state index contributed by atoms with van der Waals surface area (Å²) in [6.45, 7) is 4.07. The quantitative estimate of drug-likeness (QED) is 0.183. The lowest BCUT2D eigenvalue weighted by molar-refractivity contribution is 0.0656. The summed E-state index contributed by atoms with van der Waals surface area (Å²) < 4.78 is 31.3. The maximum absolute atomic E-state index is 13.8. The number of benzene rings is 3. The van der Waals surface area contributed by atoms with Crippen LogP contribution in [-0.4, -0.2) is 69.3 Å². The van der Waals surface area contributed by atoms with Gasteiger partial charge in [-0.05, 0) is 68.8 Å². The fraction of sp³-hybridized carbons (Fsp3) is 0.314. The van der Waals surface area contributed by atoms with Gasteiger partial charge in [-0.3, -0.25) is 18.8 Å². The number of rotatable bonds is 14. The van der Waals surface area contributed by atoms with Crippen molar-refractivity contribution in [2.24, 2.45) is 0 Å². The molecule has 0 aliphatic carbocycles. The molecule has 11 heteroatoms. The molecule has 3 aromatic carbocycles. The van der Waals surface area contributed by atoms with Crippen LogP contribution in [-0.2, 0) is 16.4 Å². The molecule has 4 rings (SSSR count). The topological polar surface area (TPSA) is 132 Å². The third-order valence-corrected chi connectivity index (χ3v) is 9.32. The first-order chi connectivity index (χ1) is 21.8. The molecule has 0 bridgehead atoms. The lowest BCUT2D eigenvalue weighted by Crippen LogP contribution is -2.49. The van der Waals surface area contributed by atoms with Gasteiger partial charge in [0.15, 0.2) is 0 Å². The SMILES string of the molecule is CC(NC(=O)c1cc(C(=O)N[C@@H](Cc2ccccc2)[C@H](O)CN(C)[C@@H](C)c2ccccc2)cc(N(C)S(C)(=O)=O)c1)c1ccco1. The van der Waals surface area contributed by atoms with Crippen molar-refractivity contribution in [1.29, 1.82) is 0 Å². The van der Waals surface area contributed by atoms with Crippen molar-refractivity contribution in [3.63, 3.8) is 0 Å². The number of furan rings is 1. The fourth-order valence-electron chi connectivity index (χ4n) is 5.10. The number of nitrogens with one attached hydrogen (secondary N) is 2. The van der Waals surface area contributed by atoms with Gasteiger partial charge in [0.1, 0.15) is 5.76 Å². The average molecular weight is 647 g/mol. The van der Waals surface area contributed by atoms with Crippen LogP contribution in [0.1, 0.15) is 63.5 Å². The van der Waals surface area contributed by atoms with E-state index in [0.717, 1.165) is 21.7 Å². The van der Waals surface area contributed by atoms with Crippen molar-refractivity contribution in [3.8, 4) is 0 Å². The lowest BCUT2D eigenvalue weighted by atomic mass is 9.99. The highest BCUT2D eigenvalue weighted by Crippen LogP contribution is 2.23. The summed E-state index contributed by atoms with van der Waals surface area (Å²) in [6, 6.07) is 26.0. The molecule has 4 aromatic rings. The Hall–Kier alpha value is -4.45. The van der Waals surface area contributed by atoms with Gasteiger partial charge in [0.05, 0.1) is 36.4 Å². The highest BCUT2D eigenvalue weighted by Gasteiger charge is 2.27. The van der Waals surface area contributed by atoms with Gasteiger partial charge < -0.3 is 20.2 Å². The van der Waals surface area contributed by atoms with Crippen LogP contribution in [0.2, 0.25) is 0 Å². The van der Waals surface area contributed by atoms with E-state index in [1.807, 2.05) is 72.6 Å². The number of hydrogen-bond donors (Lipinski definition) is 3. The number of anilines is 1. The first kappa shape index (κ1) is 34.4. The van der Waals surface area contributed by atoms with Crippen molar-refractivity contribution >= 4 is 27.5 Å². The zero-order valence-corrected chi connectivity index (χ0v) is 27.6. The van der Waals surface area contributed by atoms with Gasteiger partial charge in [-0.15, -0.1) is 0 Å². The predicted octanol–water partition coefficient (Wildman–Crippen LogP) is 4.56.